The highest BCUT2D eigenvalue weighted by atomic mass is 32.2. The Labute approximate surface area is 196 Å². The van der Waals surface area contributed by atoms with Gasteiger partial charge < -0.3 is 15.5 Å². The number of nitrogens with zero attached hydrogens (tertiary/aromatic N) is 4. The molecule has 0 unspecified atom stereocenters. The first-order valence-corrected chi connectivity index (χ1v) is 11.2. The zero-order chi connectivity index (χ0) is 24.3. The van der Waals surface area contributed by atoms with Gasteiger partial charge in [-0.3, -0.25) is 9.89 Å². The van der Waals surface area contributed by atoms with Crippen LogP contribution in [0.3, 0.4) is 0 Å². The monoisotopic (exact) mass is 495 g/mol. The summed E-state index contributed by atoms with van der Waals surface area (Å²) in [5.41, 5.74) is 1.11. The summed E-state index contributed by atoms with van der Waals surface area (Å²) in [6.45, 7) is 2.65. The second-order valence-corrected chi connectivity index (χ2v) is 8.79. The van der Waals surface area contributed by atoms with Gasteiger partial charge in [0.1, 0.15) is 24.2 Å². The number of aryl methyl sites for hydroxylation is 1. The minimum Gasteiger partial charge on any atom is -0.353 e. The molecule has 0 radical (unpaired) electrons. The van der Waals surface area contributed by atoms with Crippen molar-refractivity contribution in [3.63, 3.8) is 0 Å². The summed E-state index contributed by atoms with van der Waals surface area (Å²) in [5, 5.41) is 12.7. The molecule has 3 aromatic rings. The third kappa shape index (κ3) is 6.59. The quantitative estimate of drug-likeness (QED) is 0.319. The molecule has 1 amide bonds. The molecule has 13 heteroatoms. The number of anilines is 4. The van der Waals surface area contributed by atoms with Crippen LogP contribution in [-0.4, -0.2) is 51.5 Å². The number of benzene rings is 1. The van der Waals surface area contributed by atoms with Gasteiger partial charge in [-0.2, -0.15) is 18.3 Å². The summed E-state index contributed by atoms with van der Waals surface area (Å²) in [5.74, 6) is 0.493. The number of hydrogen-bond donors (Lipinski definition) is 3. The van der Waals surface area contributed by atoms with Gasteiger partial charge >= 0.3 is 6.18 Å². The lowest BCUT2D eigenvalue weighted by Gasteiger charge is -2.18. The summed E-state index contributed by atoms with van der Waals surface area (Å²) < 4.78 is 50.8. The Balaban J connectivity index is 1.50. The summed E-state index contributed by atoms with van der Waals surface area (Å²) in [6, 6.07) is 9.82. The van der Waals surface area contributed by atoms with Crippen molar-refractivity contribution in [3.05, 3.63) is 42.1 Å². The van der Waals surface area contributed by atoms with Crippen molar-refractivity contribution in [2.24, 2.45) is 0 Å². The van der Waals surface area contributed by atoms with Crippen molar-refractivity contribution in [1.29, 1.82) is 0 Å². The normalized spacial score (nSPS) is 16.0. The zero-order valence-electron chi connectivity index (χ0n) is 18.0. The third-order valence-corrected chi connectivity index (χ3v) is 5.69. The number of H-pyrrole nitrogens is 1. The first kappa shape index (κ1) is 23.8. The average Bonchev–Trinajstić information content (AvgIpc) is 3.36. The second-order valence-electron chi connectivity index (χ2n) is 7.75. The predicted octanol–water partition coefficient (Wildman–Crippen LogP) is 4.84. The molecule has 2 aromatic heterocycles. The van der Waals surface area contributed by atoms with Crippen LogP contribution in [0.1, 0.15) is 18.5 Å². The Morgan fingerprint density at radius 3 is 2.59 bits per heavy atom. The van der Waals surface area contributed by atoms with Gasteiger partial charge in [0.2, 0.25) is 5.91 Å². The minimum atomic E-state index is -4.57. The highest BCUT2D eigenvalue weighted by Gasteiger charge is 2.31. The van der Waals surface area contributed by atoms with Gasteiger partial charge in [-0.15, -0.1) is 0 Å². The molecule has 3 heterocycles. The van der Waals surface area contributed by atoms with Gasteiger partial charge in [-0.05, 0) is 49.4 Å². The van der Waals surface area contributed by atoms with Crippen LogP contribution in [0.25, 0.3) is 0 Å². The summed E-state index contributed by atoms with van der Waals surface area (Å²) in [6.07, 6.45) is -6.61. The molecular weight excluding hydrogens is 474 g/mol. The van der Waals surface area contributed by atoms with Crippen LogP contribution >= 0.6 is 11.8 Å². The Bertz CT molecular complexity index is 1150. The number of aromatic nitrogens is 4. The molecule has 0 bridgehead atoms. The van der Waals surface area contributed by atoms with Gasteiger partial charge in [0.05, 0.1) is 6.54 Å². The molecule has 0 saturated carbocycles. The highest BCUT2D eigenvalue weighted by molar-refractivity contribution is 7.99. The SMILES string of the molecule is Cc1cc(Nc2cc(N3CC[C@H](F)C3)nc(Sc3ccc(NC(=O)CC(F)(F)F)cc3)n2)n[nH]1. The van der Waals surface area contributed by atoms with E-state index >= 15 is 0 Å². The molecule has 34 heavy (non-hydrogen) atoms. The van der Waals surface area contributed by atoms with Crippen molar-refractivity contribution in [2.45, 2.75) is 42.2 Å². The van der Waals surface area contributed by atoms with Crippen LogP contribution in [0.4, 0.5) is 40.7 Å². The number of aromatic amines is 1. The van der Waals surface area contributed by atoms with E-state index in [0.29, 0.717) is 40.5 Å². The number of hydrogen-bond acceptors (Lipinski definition) is 7. The maximum Gasteiger partial charge on any atom is 0.397 e. The molecule has 1 aliphatic heterocycles. The van der Waals surface area contributed by atoms with E-state index in [4.69, 9.17) is 0 Å². The van der Waals surface area contributed by atoms with E-state index in [0.717, 1.165) is 5.69 Å². The maximum absolute atomic E-state index is 13.8. The van der Waals surface area contributed by atoms with Crippen molar-refractivity contribution < 1.29 is 22.4 Å². The largest absolute Gasteiger partial charge is 0.397 e. The predicted molar refractivity (Wildman–Crippen MR) is 120 cm³/mol. The number of rotatable bonds is 7. The van der Waals surface area contributed by atoms with E-state index in [-0.39, 0.29) is 12.2 Å². The van der Waals surface area contributed by atoms with Crippen LogP contribution in [0.15, 0.2) is 46.5 Å². The van der Waals surface area contributed by atoms with Crippen LogP contribution in [0.2, 0.25) is 0 Å². The number of carbonyl (C=O) groups excluding carboxylic acids is 1. The third-order valence-electron chi connectivity index (χ3n) is 4.82. The number of nitrogens with one attached hydrogen (secondary N) is 3. The van der Waals surface area contributed by atoms with E-state index in [2.05, 4.69) is 30.8 Å². The number of amides is 1. The van der Waals surface area contributed by atoms with Crippen LogP contribution < -0.4 is 15.5 Å². The van der Waals surface area contributed by atoms with E-state index in [1.54, 1.807) is 18.2 Å². The lowest BCUT2D eigenvalue weighted by Crippen LogP contribution is -2.21. The Kier molecular flexibility index (Phi) is 6.91. The summed E-state index contributed by atoms with van der Waals surface area (Å²) >= 11 is 1.23. The van der Waals surface area contributed by atoms with Crippen LogP contribution in [0.5, 0.6) is 0 Å². The fourth-order valence-corrected chi connectivity index (χ4v) is 4.09. The van der Waals surface area contributed by atoms with E-state index in [9.17, 15) is 22.4 Å². The molecule has 180 valence electrons. The van der Waals surface area contributed by atoms with Crippen molar-refractivity contribution in [3.8, 4) is 0 Å². The Hall–Kier alpha value is -3.35. The highest BCUT2D eigenvalue weighted by Crippen LogP contribution is 2.31. The summed E-state index contributed by atoms with van der Waals surface area (Å²) in [7, 11) is 0. The Morgan fingerprint density at radius 2 is 1.97 bits per heavy atom. The lowest BCUT2D eigenvalue weighted by atomic mass is 10.3. The first-order chi connectivity index (χ1) is 16.1. The Morgan fingerprint density at radius 1 is 1.21 bits per heavy atom. The smallest absolute Gasteiger partial charge is 0.353 e. The molecule has 1 saturated heterocycles. The standard InChI is InChI=1S/C21H21F4N7OS/c1-12-8-17(31-30-12)27-16-9-18(32-7-6-13(22)11-32)29-20(28-16)34-15-4-2-14(3-5-15)26-19(33)10-21(23,24)25/h2-5,8-9,13H,6-7,10-11H2,1H3,(H,26,33)(H2,27,28,29,30,31)/t13-/m0/s1. The fraction of sp³-hybridized carbons (Fsp3) is 0.333. The average molecular weight is 496 g/mol. The van der Waals surface area contributed by atoms with Gasteiger partial charge in [0.25, 0.3) is 0 Å². The van der Waals surface area contributed by atoms with Crippen molar-refractivity contribution in [1.82, 2.24) is 20.2 Å². The van der Waals surface area contributed by atoms with E-state index < -0.39 is 24.7 Å². The zero-order valence-corrected chi connectivity index (χ0v) is 18.8. The van der Waals surface area contributed by atoms with E-state index in [1.807, 2.05) is 17.9 Å². The fourth-order valence-electron chi connectivity index (χ4n) is 3.32. The summed E-state index contributed by atoms with van der Waals surface area (Å²) in [4.78, 5) is 23.1. The number of alkyl halides is 4. The molecule has 0 spiro atoms. The molecule has 1 aliphatic rings. The molecule has 4 rings (SSSR count). The van der Waals surface area contributed by atoms with Crippen molar-refractivity contribution in [2.75, 3.05) is 28.6 Å². The van der Waals surface area contributed by atoms with Gasteiger partial charge in [0.15, 0.2) is 11.0 Å². The molecule has 1 aromatic carbocycles. The van der Waals surface area contributed by atoms with Crippen LogP contribution in [0, 0.1) is 6.92 Å². The maximum atomic E-state index is 13.8. The lowest BCUT2D eigenvalue weighted by molar-refractivity contribution is -0.150. The topological polar surface area (TPSA) is 98.8 Å². The van der Waals surface area contributed by atoms with Gasteiger partial charge in [0, 0.05) is 35.0 Å². The number of carbonyl (C=O) groups is 1. The van der Waals surface area contributed by atoms with E-state index in [1.165, 1.54) is 23.9 Å². The molecule has 0 aliphatic carbocycles. The molecule has 3 N–H and O–H groups in total. The van der Waals surface area contributed by atoms with Gasteiger partial charge in [-0.1, -0.05) is 0 Å². The molecule has 8 nitrogen and oxygen atoms in total. The second kappa shape index (κ2) is 9.87. The van der Waals surface area contributed by atoms with Crippen LogP contribution in [-0.2, 0) is 4.79 Å². The number of halogens is 4. The molecular formula is C21H21F4N7OS. The van der Waals surface area contributed by atoms with Gasteiger partial charge in [-0.25, -0.2) is 14.4 Å². The molecule has 1 atom stereocenters. The molecule has 1 fully saturated rings. The van der Waals surface area contributed by atoms with Crippen molar-refractivity contribution >= 4 is 40.8 Å². The minimum absolute atomic E-state index is 0.244. The first-order valence-electron chi connectivity index (χ1n) is 10.3.